The monoisotopic (exact) mass is 249 g/mol. The van der Waals surface area contributed by atoms with E-state index in [1.165, 1.54) is 11.3 Å². The van der Waals surface area contributed by atoms with Crippen LogP contribution in [-0.4, -0.2) is 18.1 Å². The van der Waals surface area contributed by atoms with E-state index in [1.807, 2.05) is 6.07 Å². The Balaban J connectivity index is 2.35. The molecule has 2 rings (SSSR count). The zero-order valence-corrected chi connectivity index (χ0v) is 10.7. The maximum absolute atomic E-state index is 14.0. The normalized spacial score (nSPS) is 10.5. The van der Waals surface area contributed by atoms with E-state index in [2.05, 4.69) is 29.2 Å². The van der Waals surface area contributed by atoms with Crippen LogP contribution < -0.4 is 4.90 Å². The van der Waals surface area contributed by atoms with Crippen LogP contribution in [0, 0.1) is 11.3 Å². The molecule has 0 aliphatic carbocycles. The summed E-state index contributed by atoms with van der Waals surface area (Å²) in [5.41, 5.74) is 4.83. The van der Waals surface area contributed by atoms with Crippen LogP contribution in [0.1, 0.15) is 13.8 Å². The SMILES string of the molecule is CCN(CC)c1ccc(-c2cs[c]n2)c(F)c1. The van der Waals surface area contributed by atoms with Crippen molar-refractivity contribution in [2.24, 2.45) is 0 Å². The number of benzene rings is 1. The van der Waals surface area contributed by atoms with Crippen molar-refractivity contribution in [1.29, 1.82) is 0 Å². The molecule has 0 aliphatic rings. The van der Waals surface area contributed by atoms with Gasteiger partial charge in [-0.2, -0.15) is 0 Å². The lowest BCUT2D eigenvalue weighted by atomic mass is 10.1. The molecule has 0 fully saturated rings. The first-order valence-electron chi connectivity index (χ1n) is 5.62. The van der Waals surface area contributed by atoms with E-state index >= 15 is 0 Å². The molecule has 0 saturated heterocycles. The summed E-state index contributed by atoms with van der Waals surface area (Å²) in [7, 11) is 0. The van der Waals surface area contributed by atoms with Gasteiger partial charge in [0.25, 0.3) is 0 Å². The van der Waals surface area contributed by atoms with Gasteiger partial charge in [0, 0.05) is 29.7 Å². The molecule has 0 N–H and O–H groups in total. The second kappa shape index (κ2) is 5.27. The Hall–Kier alpha value is -1.42. The van der Waals surface area contributed by atoms with Crippen LogP contribution >= 0.6 is 11.3 Å². The van der Waals surface area contributed by atoms with Gasteiger partial charge in [0.05, 0.1) is 5.69 Å². The fourth-order valence-electron chi connectivity index (χ4n) is 1.80. The fourth-order valence-corrected chi connectivity index (χ4v) is 2.30. The molecule has 4 heteroatoms. The molecule has 1 aromatic carbocycles. The lowest BCUT2D eigenvalue weighted by Crippen LogP contribution is -2.21. The van der Waals surface area contributed by atoms with Crippen molar-refractivity contribution in [1.82, 2.24) is 4.98 Å². The molecule has 1 heterocycles. The highest BCUT2D eigenvalue weighted by atomic mass is 32.1. The maximum atomic E-state index is 14.0. The van der Waals surface area contributed by atoms with Gasteiger partial charge in [0.2, 0.25) is 0 Å². The number of rotatable bonds is 4. The molecule has 1 radical (unpaired) electrons. The van der Waals surface area contributed by atoms with E-state index in [1.54, 1.807) is 17.5 Å². The van der Waals surface area contributed by atoms with Gasteiger partial charge in [-0.3, -0.25) is 0 Å². The third kappa shape index (κ3) is 2.47. The molecule has 0 bridgehead atoms. The summed E-state index contributed by atoms with van der Waals surface area (Å²) >= 11 is 1.35. The van der Waals surface area contributed by atoms with Crippen molar-refractivity contribution in [3.63, 3.8) is 0 Å². The highest BCUT2D eigenvalue weighted by molar-refractivity contribution is 7.07. The minimum atomic E-state index is -0.228. The minimum Gasteiger partial charge on any atom is -0.372 e. The van der Waals surface area contributed by atoms with Crippen LogP contribution in [0.2, 0.25) is 0 Å². The predicted molar refractivity (Wildman–Crippen MR) is 69.9 cm³/mol. The Kier molecular flexibility index (Phi) is 3.74. The van der Waals surface area contributed by atoms with Gasteiger partial charge in [0.1, 0.15) is 5.82 Å². The largest absolute Gasteiger partial charge is 0.372 e. The smallest absolute Gasteiger partial charge is 0.152 e. The molecule has 1 aromatic heterocycles. The third-order valence-electron chi connectivity index (χ3n) is 2.75. The van der Waals surface area contributed by atoms with Gasteiger partial charge in [0.15, 0.2) is 5.51 Å². The Bertz CT molecular complexity index is 478. The number of anilines is 1. The molecule has 0 unspecified atom stereocenters. The van der Waals surface area contributed by atoms with Crippen LogP contribution in [0.15, 0.2) is 23.6 Å². The highest BCUT2D eigenvalue weighted by Crippen LogP contribution is 2.26. The summed E-state index contributed by atoms with van der Waals surface area (Å²) in [4.78, 5) is 6.11. The molecule has 0 saturated carbocycles. The van der Waals surface area contributed by atoms with Crippen molar-refractivity contribution < 1.29 is 4.39 Å². The lowest BCUT2D eigenvalue weighted by molar-refractivity contribution is 0.630. The van der Waals surface area contributed by atoms with Crippen LogP contribution in [0.3, 0.4) is 0 Å². The number of hydrogen-bond donors (Lipinski definition) is 0. The number of aromatic nitrogens is 1. The van der Waals surface area contributed by atoms with Gasteiger partial charge in [-0.1, -0.05) is 0 Å². The summed E-state index contributed by atoms with van der Waals surface area (Å²) in [5, 5.41) is 1.80. The molecular formula is C13H14FN2S. The van der Waals surface area contributed by atoms with Crippen LogP contribution in [0.4, 0.5) is 10.1 Å². The fraction of sp³-hybridized carbons (Fsp3) is 0.308. The number of nitrogens with zero attached hydrogens (tertiary/aromatic N) is 2. The zero-order chi connectivity index (χ0) is 12.3. The molecule has 0 aliphatic heterocycles. The van der Waals surface area contributed by atoms with Crippen LogP contribution in [-0.2, 0) is 0 Å². The van der Waals surface area contributed by atoms with Crippen molar-refractivity contribution in [3.8, 4) is 11.3 Å². The lowest BCUT2D eigenvalue weighted by Gasteiger charge is -2.21. The molecular weight excluding hydrogens is 235 g/mol. The Morgan fingerprint density at radius 1 is 1.35 bits per heavy atom. The Labute approximate surface area is 105 Å². The van der Waals surface area contributed by atoms with E-state index in [0.717, 1.165) is 18.8 Å². The summed E-state index contributed by atoms with van der Waals surface area (Å²) in [5.74, 6) is -0.228. The van der Waals surface area contributed by atoms with E-state index in [4.69, 9.17) is 0 Å². The first kappa shape index (κ1) is 12.0. The van der Waals surface area contributed by atoms with Crippen molar-refractivity contribution in [2.75, 3.05) is 18.0 Å². The van der Waals surface area contributed by atoms with Gasteiger partial charge in [-0.05, 0) is 32.0 Å². The Morgan fingerprint density at radius 2 is 2.12 bits per heavy atom. The maximum Gasteiger partial charge on any atom is 0.152 e. The summed E-state index contributed by atoms with van der Waals surface area (Å²) in [6, 6.07) is 5.29. The first-order valence-corrected chi connectivity index (χ1v) is 6.50. The molecule has 89 valence electrons. The van der Waals surface area contributed by atoms with Gasteiger partial charge < -0.3 is 4.90 Å². The highest BCUT2D eigenvalue weighted by Gasteiger charge is 2.10. The number of thiazole rings is 1. The minimum absolute atomic E-state index is 0.228. The van der Waals surface area contributed by atoms with Crippen molar-refractivity contribution >= 4 is 17.0 Å². The Morgan fingerprint density at radius 3 is 2.65 bits per heavy atom. The zero-order valence-electron chi connectivity index (χ0n) is 9.90. The topological polar surface area (TPSA) is 16.1 Å². The third-order valence-corrected chi connectivity index (χ3v) is 3.28. The molecule has 2 aromatic rings. The van der Waals surface area contributed by atoms with Gasteiger partial charge in [-0.25, -0.2) is 9.37 Å². The van der Waals surface area contributed by atoms with Crippen LogP contribution in [0.25, 0.3) is 11.3 Å². The number of hydrogen-bond acceptors (Lipinski definition) is 3. The van der Waals surface area contributed by atoms with E-state index in [9.17, 15) is 4.39 Å². The predicted octanol–water partition coefficient (Wildman–Crippen LogP) is 3.60. The van der Waals surface area contributed by atoms with Crippen molar-refractivity contribution in [2.45, 2.75) is 13.8 Å². The van der Waals surface area contributed by atoms with E-state index in [0.29, 0.717) is 11.3 Å². The summed E-state index contributed by atoms with van der Waals surface area (Å²) in [6.07, 6.45) is 0. The van der Waals surface area contributed by atoms with Crippen molar-refractivity contribution in [3.05, 3.63) is 34.9 Å². The standard InChI is InChI=1S/C13H14FN2S/c1-3-16(4-2)10-5-6-11(12(14)7-10)13-8-17-9-15-13/h5-8H,3-4H2,1-2H3. The second-order valence-corrected chi connectivity index (χ2v) is 4.31. The quantitative estimate of drug-likeness (QED) is 0.823. The summed E-state index contributed by atoms with van der Waals surface area (Å²) < 4.78 is 14.0. The summed E-state index contributed by atoms with van der Waals surface area (Å²) in [6.45, 7) is 5.87. The van der Waals surface area contributed by atoms with Crippen LogP contribution in [0.5, 0.6) is 0 Å². The molecule has 2 nitrogen and oxygen atoms in total. The first-order chi connectivity index (χ1) is 8.26. The molecule has 0 atom stereocenters. The molecule has 17 heavy (non-hydrogen) atoms. The van der Waals surface area contributed by atoms with Gasteiger partial charge >= 0.3 is 0 Å². The second-order valence-electron chi connectivity index (χ2n) is 3.66. The van der Waals surface area contributed by atoms with Gasteiger partial charge in [-0.15, -0.1) is 11.3 Å². The number of halogens is 1. The molecule has 0 amide bonds. The average molecular weight is 249 g/mol. The van der Waals surface area contributed by atoms with E-state index in [-0.39, 0.29) is 5.82 Å². The van der Waals surface area contributed by atoms with E-state index < -0.39 is 0 Å². The average Bonchev–Trinajstić information content (AvgIpc) is 2.84. The molecule has 0 spiro atoms.